The van der Waals surface area contributed by atoms with Gasteiger partial charge in [-0.25, -0.2) is 9.97 Å². The molecule has 0 amide bonds. The van der Waals surface area contributed by atoms with E-state index in [9.17, 15) is 23.1 Å². The highest BCUT2D eigenvalue weighted by Crippen LogP contribution is 2.50. The fraction of sp³-hybridized carbons (Fsp3) is 0.318. The molecule has 182 valence electrons. The number of aliphatic hydroxyl groups excluding tert-OH is 1. The molecule has 3 aromatic rings. The number of hydrogen-bond donors (Lipinski definition) is 3. The van der Waals surface area contributed by atoms with Crippen LogP contribution in [-0.4, -0.2) is 36.0 Å². The van der Waals surface area contributed by atoms with Gasteiger partial charge in [0.1, 0.15) is 5.75 Å². The SMILES string of the molecule is Cc1cc(C(O)(C(C)c2ccc(Oc3ncc(C(O)O)cn3)cc2Cl)C(F)(F)F)cn(C)c1=O. The largest absolute Gasteiger partial charge is 0.424 e. The zero-order valence-corrected chi connectivity index (χ0v) is 19.0. The van der Waals surface area contributed by atoms with Crippen molar-refractivity contribution in [1.82, 2.24) is 14.5 Å². The second-order valence-corrected chi connectivity index (χ2v) is 8.18. The quantitative estimate of drug-likeness (QED) is 0.444. The van der Waals surface area contributed by atoms with Crippen LogP contribution in [0.15, 0.2) is 47.7 Å². The first kappa shape index (κ1) is 25.6. The zero-order valence-electron chi connectivity index (χ0n) is 18.2. The van der Waals surface area contributed by atoms with E-state index in [2.05, 4.69) is 9.97 Å². The van der Waals surface area contributed by atoms with Crippen molar-refractivity contribution in [3.8, 4) is 11.8 Å². The first-order valence-electron chi connectivity index (χ1n) is 9.88. The van der Waals surface area contributed by atoms with Crippen molar-refractivity contribution in [2.24, 2.45) is 7.05 Å². The topological polar surface area (TPSA) is 118 Å². The molecule has 0 radical (unpaired) electrons. The summed E-state index contributed by atoms with van der Waals surface area (Å²) in [5, 5.41) is 29.0. The van der Waals surface area contributed by atoms with Gasteiger partial charge in [-0.3, -0.25) is 4.79 Å². The Morgan fingerprint density at radius 3 is 2.26 bits per heavy atom. The molecule has 12 heteroatoms. The molecule has 0 aliphatic rings. The Balaban J connectivity index is 1.98. The lowest BCUT2D eigenvalue weighted by Crippen LogP contribution is -2.47. The Kier molecular flexibility index (Phi) is 7.04. The molecule has 3 N–H and O–H groups in total. The van der Waals surface area contributed by atoms with Gasteiger partial charge in [-0.15, -0.1) is 0 Å². The van der Waals surface area contributed by atoms with Gasteiger partial charge in [0, 0.05) is 53.3 Å². The smallest absolute Gasteiger partial charge is 0.422 e. The van der Waals surface area contributed by atoms with Crippen molar-refractivity contribution in [2.45, 2.75) is 37.8 Å². The van der Waals surface area contributed by atoms with E-state index in [1.54, 1.807) is 0 Å². The van der Waals surface area contributed by atoms with Crippen LogP contribution in [0.1, 0.15) is 41.4 Å². The molecule has 0 bridgehead atoms. The number of aromatic nitrogens is 3. The Labute approximate surface area is 196 Å². The summed E-state index contributed by atoms with van der Waals surface area (Å²) >= 11 is 6.27. The Morgan fingerprint density at radius 2 is 1.76 bits per heavy atom. The van der Waals surface area contributed by atoms with Crippen molar-refractivity contribution >= 4 is 11.6 Å². The summed E-state index contributed by atoms with van der Waals surface area (Å²) < 4.78 is 49.1. The Bertz CT molecular complexity index is 1220. The van der Waals surface area contributed by atoms with Crippen LogP contribution in [0.2, 0.25) is 5.02 Å². The first-order chi connectivity index (χ1) is 15.8. The van der Waals surface area contributed by atoms with Crippen LogP contribution in [0.3, 0.4) is 0 Å². The van der Waals surface area contributed by atoms with Crippen LogP contribution in [0.5, 0.6) is 11.8 Å². The minimum absolute atomic E-state index is 0.0139. The van der Waals surface area contributed by atoms with Crippen molar-refractivity contribution in [3.05, 3.63) is 80.5 Å². The highest BCUT2D eigenvalue weighted by molar-refractivity contribution is 6.31. The number of pyridine rings is 1. The molecule has 3 rings (SSSR count). The Hall–Kier alpha value is -2.99. The summed E-state index contributed by atoms with van der Waals surface area (Å²) in [6.07, 6.45) is -3.64. The summed E-state index contributed by atoms with van der Waals surface area (Å²) in [5.41, 5.74) is -4.26. The molecule has 0 spiro atoms. The molecule has 0 aliphatic carbocycles. The predicted octanol–water partition coefficient (Wildman–Crippen LogP) is 3.47. The van der Waals surface area contributed by atoms with Gasteiger partial charge in [0.05, 0.1) is 0 Å². The highest BCUT2D eigenvalue weighted by atomic mass is 35.5. The molecule has 2 atom stereocenters. The van der Waals surface area contributed by atoms with E-state index in [4.69, 9.17) is 26.6 Å². The van der Waals surface area contributed by atoms with Crippen LogP contribution in [0.4, 0.5) is 13.2 Å². The molecule has 2 aromatic heterocycles. The fourth-order valence-corrected chi connectivity index (χ4v) is 3.84. The minimum Gasteiger partial charge on any atom is -0.424 e. The van der Waals surface area contributed by atoms with Crippen LogP contribution >= 0.6 is 11.6 Å². The zero-order chi connectivity index (χ0) is 25.4. The van der Waals surface area contributed by atoms with Gasteiger partial charge in [-0.1, -0.05) is 24.6 Å². The number of aliphatic hydroxyl groups is 3. The number of alkyl halides is 3. The van der Waals surface area contributed by atoms with Crippen LogP contribution in [-0.2, 0) is 12.6 Å². The first-order valence-corrected chi connectivity index (χ1v) is 10.3. The molecule has 2 unspecified atom stereocenters. The third-order valence-corrected chi connectivity index (χ3v) is 5.78. The molecule has 0 fully saturated rings. The summed E-state index contributed by atoms with van der Waals surface area (Å²) in [5.74, 6) is -1.46. The maximum absolute atomic E-state index is 14.2. The van der Waals surface area contributed by atoms with Crippen molar-refractivity contribution in [3.63, 3.8) is 0 Å². The number of halogens is 4. The average molecular weight is 500 g/mol. The number of rotatable bonds is 6. The number of hydrogen-bond acceptors (Lipinski definition) is 7. The van der Waals surface area contributed by atoms with Gasteiger partial charge in [0.15, 0.2) is 11.9 Å². The fourth-order valence-electron chi connectivity index (χ4n) is 3.51. The molecule has 0 aliphatic heterocycles. The van der Waals surface area contributed by atoms with E-state index in [0.717, 1.165) is 29.2 Å². The van der Waals surface area contributed by atoms with E-state index in [1.165, 1.54) is 39.1 Å². The maximum Gasteiger partial charge on any atom is 0.422 e. The van der Waals surface area contributed by atoms with E-state index in [-0.39, 0.29) is 33.5 Å². The molecule has 8 nitrogen and oxygen atoms in total. The molecular formula is C22H21ClF3N3O5. The van der Waals surface area contributed by atoms with E-state index < -0.39 is 35.1 Å². The standard InChI is InChI=1S/C22H21ClF3N3O5/c1-11-6-14(10-29(3)18(11)30)21(33,22(24,25)26)12(2)16-5-4-15(7-17(16)23)34-20-27-8-13(9-28-20)19(31)32/h4-10,12,19,31-33H,1-3H3. The van der Waals surface area contributed by atoms with Gasteiger partial charge in [0.2, 0.25) is 0 Å². The van der Waals surface area contributed by atoms with Crippen molar-refractivity contribution < 1.29 is 33.2 Å². The van der Waals surface area contributed by atoms with Crippen LogP contribution in [0.25, 0.3) is 0 Å². The van der Waals surface area contributed by atoms with Crippen LogP contribution < -0.4 is 10.3 Å². The molecular weight excluding hydrogens is 479 g/mol. The predicted molar refractivity (Wildman–Crippen MR) is 116 cm³/mol. The third-order valence-electron chi connectivity index (χ3n) is 5.46. The van der Waals surface area contributed by atoms with E-state index in [0.29, 0.717) is 0 Å². The number of ether oxygens (including phenoxy) is 1. The second kappa shape index (κ2) is 9.34. The summed E-state index contributed by atoms with van der Waals surface area (Å²) in [7, 11) is 1.30. The maximum atomic E-state index is 14.2. The molecule has 0 saturated heterocycles. The lowest BCUT2D eigenvalue weighted by molar-refractivity contribution is -0.274. The van der Waals surface area contributed by atoms with Gasteiger partial charge in [-0.05, 0) is 30.7 Å². The minimum atomic E-state index is -5.10. The summed E-state index contributed by atoms with van der Waals surface area (Å²) in [4.78, 5) is 19.6. The molecule has 0 saturated carbocycles. The lowest BCUT2D eigenvalue weighted by Gasteiger charge is -2.37. The van der Waals surface area contributed by atoms with Crippen molar-refractivity contribution in [2.75, 3.05) is 0 Å². The van der Waals surface area contributed by atoms with Gasteiger partial charge in [0.25, 0.3) is 5.56 Å². The number of nitrogens with zero attached hydrogens (tertiary/aromatic N) is 3. The van der Waals surface area contributed by atoms with E-state index in [1.807, 2.05) is 0 Å². The number of benzene rings is 1. The normalized spacial score (nSPS) is 14.7. The van der Waals surface area contributed by atoms with E-state index >= 15 is 0 Å². The van der Waals surface area contributed by atoms with Gasteiger partial charge in [-0.2, -0.15) is 13.2 Å². The summed E-state index contributed by atoms with van der Waals surface area (Å²) in [6.45, 7) is 2.54. The Morgan fingerprint density at radius 1 is 1.15 bits per heavy atom. The highest BCUT2D eigenvalue weighted by Gasteiger charge is 2.59. The van der Waals surface area contributed by atoms with Gasteiger partial charge < -0.3 is 24.6 Å². The second-order valence-electron chi connectivity index (χ2n) is 7.77. The lowest BCUT2D eigenvalue weighted by atomic mass is 9.78. The van der Waals surface area contributed by atoms with Gasteiger partial charge >= 0.3 is 12.2 Å². The molecule has 1 aromatic carbocycles. The summed E-state index contributed by atoms with van der Waals surface area (Å²) in [6, 6.07) is 4.71. The number of aryl methyl sites for hydroxylation is 2. The van der Waals surface area contributed by atoms with Crippen LogP contribution in [0, 0.1) is 6.92 Å². The average Bonchev–Trinajstić information content (AvgIpc) is 2.75. The van der Waals surface area contributed by atoms with Crippen molar-refractivity contribution in [1.29, 1.82) is 0 Å². The molecule has 2 heterocycles. The third kappa shape index (κ3) is 4.78. The molecule has 34 heavy (non-hydrogen) atoms. The monoisotopic (exact) mass is 499 g/mol.